The van der Waals surface area contributed by atoms with Crippen LogP contribution in [0.3, 0.4) is 0 Å². The van der Waals surface area contributed by atoms with Gasteiger partial charge < -0.3 is 14.2 Å². The summed E-state index contributed by atoms with van der Waals surface area (Å²) in [5.74, 6) is 0.311. The lowest BCUT2D eigenvalue weighted by atomic mass is 10.2. The van der Waals surface area contributed by atoms with Crippen LogP contribution in [-0.4, -0.2) is 44.5 Å². The van der Waals surface area contributed by atoms with Gasteiger partial charge in [0, 0.05) is 19.7 Å². The van der Waals surface area contributed by atoms with Crippen molar-refractivity contribution in [1.82, 2.24) is 0 Å². The molecule has 0 spiro atoms. The number of amides is 1. The fourth-order valence-corrected chi connectivity index (χ4v) is 1.96. The normalized spacial score (nSPS) is 13.9. The second-order valence-electron chi connectivity index (χ2n) is 4.37. The van der Waals surface area contributed by atoms with Gasteiger partial charge in [-0.05, 0) is 12.5 Å². The van der Waals surface area contributed by atoms with Crippen LogP contribution in [0.1, 0.15) is 6.42 Å². The SMILES string of the molecule is COCCOC(=O)N1CCCOc2cc([N+](=O)[O-])ccc21. The Balaban J connectivity index is 2.21. The van der Waals surface area contributed by atoms with E-state index in [-0.39, 0.29) is 12.3 Å². The molecular weight excluding hydrogens is 280 g/mol. The summed E-state index contributed by atoms with van der Waals surface area (Å²) in [4.78, 5) is 23.8. The Morgan fingerprint density at radius 1 is 1.48 bits per heavy atom. The minimum Gasteiger partial charge on any atom is -0.491 e. The monoisotopic (exact) mass is 296 g/mol. The minimum atomic E-state index is -0.521. The number of nitrogens with zero attached hydrogens (tertiary/aromatic N) is 2. The van der Waals surface area contributed by atoms with Crippen LogP contribution in [0.25, 0.3) is 0 Å². The van der Waals surface area contributed by atoms with Gasteiger partial charge in [-0.3, -0.25) is 15.0 Å². The van der Waals surface area contributed by atoms with Crippen LogP contribution < -0.4 is 9.64 Å². The summed E-state index contributed by atoms with van der Waals surface area (Å²) >= 11 is 0. The van der Waals surface area contributed by atoms with E-state index in [1.807, 2.05) is 0 Å². The fraction of sp³-hybridized carbons (Fsp3) is 0.462. The Hall–Kier alpha value is -2.35. The lowest BCUT2D eigenvalue weighted by Crippen LogP contribution is -2.32. The van der Waals surface area contributed by atoms with E-state index in [9.17, 15) is 14.9 Å². The summed E-state index contributed by atoms with van der Waals surface area (Å²) in [7, 11) is 1.52. The number of anilines is 1. The number of fused-ring (bicyclic) bond motifs is 1. The maximum absolute atomic E-state index is 12.1. The Labute approximate surface area is 121 Å². The number of non-ortho nitro benzene ring substituents is 1. The molecule has 0 saturated carbocycles. The number of nitro groups is 1. The van der Waals surface area contributed by atoms with Gasteiger partial charge >= 0.3 is 6.09 Å². The van der Waals surface area contributed by atoms with E-state index in [0.717, 1.165) is 0 Å². The Bertz CT molecular complexity index is 533. The van der Waals surface area contributed by atoms with Crippen molar-refractivity contribution in [2.75, 3.05) is 38.4 Å². The van der Waals surface area contributed by atoms with Gasteiger partial charge in [0.05, 0.1) is 29.9 Å². The van der Waals surface area contributed by atoms with E-state index in [0.29, 0.717) is 37.6 Å². The molecule has 0 unspecified atom stereocenters. The number of carbonyl (C=O) groups is 1. The maximum Gasteiger partial charge on any atom is 0.414 e. The molecule has 114 valence electrons. The van der Waals surface area contributed by atoms with Gasteiger partial charge in [-0.25, -0.2) is 4.79 Å². The molecule has 1 aromatic rings. The number of nitro benzene ring substituents is 1. The van der Waals surface area contributed by atoms with Crippen molar-refractivity contribution in [2.24, 2.45) is 0 Å². The lowest BCUT2D eigenvalue weighted by Gasteiger charge is -2.20. The quantitative estimate of drug-likeness (QED) is 0.479. The van der Waals surface area contributed by atoms with E-state index < -0.39 is 11.0 Å². The number of carbonyl (C=O) groups excluding carboxylic acids is 1. The molecule has 1 heterocycles. The molecule has 0 fully saturated rings. The summed E-state index contributed by atoms with van der Waals surface area (Å²) in [6.07, 6.45) is 0.0923. The van der Waals surface area contributed by atoms with Crippen LogP contribution in [-0.2, 0) is 9.47 Å². The van der Waals surface area contributed by atoms with Crippen molar-refractivity contribution in [3.05, 3.63) is 28.3 Å². The van der Waals surface area contributed by atoms with Gasteiger partial charge in [0.2, 0.25) is 0 Å². The van der Waals surface area contributed by atoms with Crippen LogP contribution in [0.2, 0.25) is 0 Å². The summed E-state index contributed by atoms with van der Waals surface area (Å²) in [5, 5.41) is 10.8. The minimum absolute atomic E-state index is 0.0802. The van der Waals surface area contributed by atoms with Crippen LogP contribution in [0.15, 0.2) is 18.2 Å². The second kappa shape index (κ2) is 6.89. The maximum atomic E-state index is 12.1. The number of ether oxygens (including phenoxy) is 3. The number of hydrogen-bond acceptors (Lipinski definition) is 6. The molecule has 0 N–H and O–H groups in total. The highest BCUT2D eigenvalue weighted by molar-refractivity contribution is 5.90. The molecule has 0 bridgehead atoms. The van der Waals surface area contributed by atoms with Crippen LogP contribution in [0.4, 0.5) is 16.2 Å². The molecule has 8 nitrogen and oxygen atoms in total. The highest BCUT2D eigenvalue weighted by atomic mass is 16.6. The van der Waals surface area contributed by atoms with Gasteiger partial charge in [-0.15, -0.1) is 0 Å². The van der Waals surface area contributed by atoms with Gasteiger partial charge in [-0.1, -0.05) is 0 Å². The second-order valence-corrected chi connectivity index (χ2v) is 4.37. The first kappa shape index (κ1) is 15.0. The van der Waals surface area contributed by atoms with E-state index in [1.165, 1.54) is 30.2 Å². The summed E-state index contributed by atoms with van der Waals surface area (Å²) in [6.45, 7) is 1.27. The average molecular weight is 296 g/mol. The first-order valence-electron chi connectivity index (χ1n) is 6.48. The molecule has 0 atom stereocenters. The molecule has 1 aliphatic rings. The highest BCUT2D eigenvalue weighted by Crippen LogP contribution is 2.34. The Morgan fingerprint density at radius 2 is 2.29 bits per heavy atom. The van der Waals surface area contributed by atoms with Crippen molar-refractivity contribution >= 4 is 17.5 Å². The summed E-state index contributed by atoms with van der Waals surface area (Å²) < 4.78 is 15.4. The third-order valence-electron chi connectivity index (χ3n) is 2.96. The predicted octanol–water partition coefficient (Wildman–Crippen LogP) is 1.97. The Morgan fingerprint density at radius 3 is 3.00 bits per heavy atom. The van der Waals surface area contributed by atoms with E-state index in [2.05, 4.69) is 0 Å². The molecule has 21 heavy (non-hydrogen) atoms. The number of hydrogen-bond donors (Lipinski definition) is 0. The fourth-order valence-electron chi connectivity index (χ4n) is 1.96. The first-order chi connectivity index (χ1) is 10.1. The molecule has 2 rings (SSSR count). The van der Waals surface area contributed by atoms with Gasteiger partial charge in [0.25, 0.3) is 5.69 Å². The zero-order valence-electron chi connectivity index (χ0n) is 11.6. The molecule has 1 aliphatic heterocycles. The topological polar surface area (TPSA) is 91.1 Å². The van der Waals surface area contributed by atoms with Crippen LogP contribution in [0.5, 0.6) is 5.75 Å². The third kappa shape index (κ3) is 3.60. The molecule has 1 amide bonds. The zero-order valence-corrected chi connectivity index (χ0v) is 11.6. The lowest BCUT2D eigenvalue weighted by molar-refractivity contribution is -0.384. The van der Waals surface area contributed by atoms with Crippen LogP contribution in [0, 0.1) is 10.1 Å². The number of benzene rings is 1. The van der Waals surface area contributed by atoms with E-state index in [1.54, 1.807) is 0 Å². The predicted molar refractivity (Wildman–Crippen MR) is 73.8 cm³/mol. The standard InChI is InChI=1S/C13H16N2O6/c1-19-7-8-21-13(16)14-5-2-6-20-12-9-10(15(17)18)3-4-11(12)14/h3-4,9H,2,5-8H2,1H3. The van der Waals surface area contributed by atoms with Crippen molar-refractivity contribution in [2.45, 2.75) is 6.42 Å². The van der Waals surface area contributed by atoms with Gasteiger partial charge in [0.1, 0.15) is 12.4 Å². The Kier molecular flexibility index (Phi) is 4.94. The van der Waals surface area contributed by atoms with Gasteiger partial charge in [0.15, 0.2) is 0 Å². The van der Waals surface area contributed by atoms with Gasteiger partial charge in [-0.2, -0.15) is 0 Å². The molecular formula is C13H16N2O6. The average Bonchev–Trinajstić information content (AvgIpc) is 2.68. The van der Waals surface area contributed by atoms with E-state index in [4.69, 9.17) is 14.2 Å². The summed E-state index contributed by atoms with van der Waals surface area (Å²) in [5.41, 5.74) is 0.392. The zero-order chi connectivity index (χ0) is 15.2. The third-order valence-corrected chi connectivity index (χ3v) is 2.96. The molecule has 0 aliphatic carbocycles. The number of rotatable bonds is 4. The largest absolute Gasteiger partial charge is 0.491 e. The number of methoxy groups -OCH3 is 1. The van der Waals surface area contributed by atoms with Crippen molar-refractivity contribution < 1.29 is 23.9 Å². The highest BCUT2D eigenvalue weighted by Gasteiger charge is 2.25. The molecule has 0 aromatic heterocycles. The smallest absolute Gasteiger partial charge is 0.414 e. The molecule has 1 aromatic carbocycles. The molecule has 8 heteroatoms. The van der Waals surface area contributed by atoms with E-state index >= 15 is 0 Å². The molecule has 0 radical (unpaired) electrons. The molecule has 0 saturated heterocycles. The van der Waals surface area contributed by atoms with Crippen molar-refractivity contribution in [3.8, 4) is 5.75 Å². The van der Waals surface area contributed by atoms with Crippen LogP contribution >= 0.6 is 0 Å². The van der Waals surface area contributed by atoms with Crippen molar-refractivity contribution in [1.29, 1.82) is 0 Å². The summed E-state index contributed by atoms with van der Waals surface area (Å²) in [6, 6.07) is 4.15. The van der Waals surface area contributed by atoms with Crippen molar-refractivity contribution in [3.63, 3.8) is 0 Å². The first-order valence-corrected chi connectivity index (χ1v) is 6.48.